The van der Waals surface area contributed by atoms with Gasteiger partial charge < -0.3 is 9.80 Å². The lowest BCUT2D eigenvalue weighted by Crippen LogP contribution is -2.13. The molecule has 1 aromatic heterocycles. The molecule has 3 heteroatoms. The van der Waals surface area contributed by atoms with Crippen molar-refractivity contribution in [2.75, 3.05) is 9.80 Å². The van der Waals surface area contributed by atoms with Crippen molar-refractivity contribution >= 4 is 98.0 Å². The van der Waals surface area contributed by atoms with Gasteiger partial charge in [-0.05, 0) is 99.0 Å². The Morgan fingerprint density at radius 1 is 0.314 bits per heavy atom. The van der Waals surface area contributed by atoms with Gasteiger partial charge in [-0.1, -0.05) is 127 Å². The van der Waals surface area contributed by atoms with Gasteiger partial charge >= 0.3 is 0 Å². The van der Waals surface area contributed by atoms with E-state index in [1.165, 1.54) is 52.5 Å². The third-order valence-corrected chi connectivity index (χ3v) is 11.1. The number of fused-ring (bicyclic) bond motifs is 7. The van der Waals surface area contributed by atoms with Gasteiger partial charge in [0.2, 0.25) is 0 Å². The van der Waals surface area contributed by atoms with E-state index in [4.69, 9.17) is 0 Å². The Hall–Kier alpha value is -6.42. The van der Waals surface area contributed by atoms with E-state index in [1.54, 1.807) is 0 Å². The molecule has 0 spiro atoms. The van der Waals surface area contributed by atoms with Crippen molar-refractivity contribution in [3.05, 3.63) is 194 Å². The summed E-state index contributed by atoms with van der Waals surface area (Å²) in [6.45, 7) is 0. The molecular formula is C48H32N2S. The van der Waals surface area contributed by atoms with E-state index in [0.717, 1.165) is 34.1 Å². The van der Waals surface area contributed by atoms with Crippen LogP contribution in [-0.2, 0) is 0 Å². The summed E-state index contributed by atoms with van der Waals surface area (Å²) in [7, 11) is 0. The van der Waals surface area contributed by atoms with Gasteiger partial charge in [0.05, 0.1) is 16.1 Å². The maximum atomic E-state index is 2.44. The second-order valence-corrected chi connectivity index (χ2v) is 14.0. The summed E-state index contributed by atoms with van der Waals surface area (Å²) in [5.74, 6) is 0. The second kappa shape index (κ2) is 12.2. The first-order chi connectivity index (χ1) is 25.3. The number of nitrogens with zero attached hydrogens (tertiary/aromatic N) is 2. The molecule has 0 fully saturated rings. The molecule has 0 saturated carbocycles. The van der Waals surface area contributed by atoms with E-state index in [9.17, 15) is 0 Å². The quantitative estimate of drug-likeness (QED) is 0.174. The van der Waals surface area contributed by atoms with Crippen LogP contribution in [0.1, 0.15) is 0 Å². The number of rotatable bonds is 6. The minimum Gasteiger partial charge on any atom is -0.310 e. The molecule has 1 heterocycles. The van der Waals surface area contributed by atoms with Gasteiger partial charge in [-0.3, -0.25) is 0 Å². The minimum absolute atomic E-state index is 1.12. The molecule has 0 aliphatic carbocycles. The van der Waals surface area contributed by atoms with Crippen LogP contribution in [0.15, 0.2) is 194 Å². The number of benzene rings is 9. The molecule has 0 radical (unpaired) electrons. The van der Waals surface area contributed by atoms with Gasteiger partial charge in [0.1, 0.15) is 0 Å². The molecule has 0 bridgehead atoms. The van der Waals surface area contributed by atoms with Gasteiger partial charge in [-0.2, -0.15) is 0 Å². The second-order valence-electron chi connectivity index (χ2n) is 13.0. The Balaban J connectivity index is 1.32. The Morgan fingerprint density at radius 2 is 0.784 bits per heavy atom. The van der Waals surface area contributed by atoms with E-state index >= 15 is 0 Å². The highest BCUT2D eigenvalue weighted by molar-refractivity contribution is 7.26. The Kier molecular flexibility index (Phi) is 7.04. The molecule has 0 atom stereocenters. The molecule has 10 rings (SSSR count). The van der Waals surface area contributed by atoms with Crippen LogP contribution in [0.5, 0.6) is 0 Å². The van der Waals surface area contributed by atoms with Crippen LogP contribution in [0.2, 0.25) is 0 Å². The Morgan fingerprint density at radius 3 is 1.39 bits per heavy atom. The third-order valence-electron chi connectivity index (χ3n) is 9.96. The van der Waals surface area contributed by atoms with E-state index in [2.05, 4.69) is 204 Å². The van der Waals surface area contributed by atoms with Gasteiger partial charge in [0.15, 0.2) is 0 Å². The molecule has 0 N–H and O–H groups in total. The number of anilines is 6. The van der Waals surface area contributed by atoms with Gasteiger partial charge in [0.25, 0.3) is 0 Å². The normalized spacial score (nSPS) is 11.5. The molecule has 0 saturated heterocycles. The van der Waals surface area contributed by atoms with E-state index in [-0.39, 0.29) is 0 Å². The lowest BCUT2D eigenvalue weighted by atomic mass is 10.0. The smallest absolute Gasteiger partial charge is 0.0641 e. The van der Waals surface area contributed by atoms with Crippen molar-refractivity contribution in [3.8, 4) is 0 Å². The van der Waals surface area contributed by atoms with Crippen molar-refractivity contribution in [1.29, 1.82) is 0 Å². The topological polar surface area (TPSA) is 6.48 Å². The molecule has 0 aliphatic rings. The van der Waals surface area contributed by atoms with Crippen LogP contribution in [-0.4, -0.2) is 0 Å². The van der Waals surface area contributed by atoms with Crippen molar-refractivity contribution in [2.45, 2.75) is 0 Å². The highest BCUT2D eigenvalue weighted by Gasteiger charge is 2.25. The average molecular weight is 669 g/mol. The van der Waals surface area contributed by atoms with Crippen LogP contribution in [0, 0.1) is 0 Å². The van der Waals surface area contributed by atoms with Crippen LogP contribution < -0.4 is 9.80 Å². The Bertz CT molecular complexity index is 2880. The molecule has 0 unspecified atom stereocenters. The largest absolute Gasteiger partial charge is 0.310 e. The highest BCUT2D eigenvalue weighted by Crippen LogP contribution is 2.52. The molecular weight excluding hydrogens is 637 g/mol. The minimum atomic E-state index is 1.12. The summed E-state index contributed by atoms with van der Waals surface area (Å²) in [5.41, 5.74) is 6.82. The van der Waals surface area contributed by atoms with Crippen molar-refractivity contribution in [1.82, 2.24) is 0 Å². The standard InChI is InChI=1S/C48H32N2S/c1-3-18-38(19-4-1)49(40-26-23-33-13-7-9-16-36(33)31-40)43-28-29-44(48-47(43)46-42-22-12-11-15-35(42)25-30-45(46)51-48)50(39-20-5-2-6-21-39)41-27-24-34-14-8-10-17-37(34)32-41/h1-32H. The predicted octanol–water partition coefficient (Wildman–Crippen LogP) is 14.5. The average Bonchev–Trinajstić information content (AvgIpc) is 3.60. The SMILES string of the molecule is c1ccc(N(c2ccc3ccccc3c2)c2ccc(N(c3ccccc3)c3ccc4ccccc4c3)c3c2sc2ccc4ccccc4c23)cc1. The van der Waals surface area contributed by atoms with Gasteiger partial charge in [-0.15, -0.1) is 11.3 Å². The van der Waals surface area contributed by atoms with Crippen LogP contribution in [0.25, 0.3) is 52.5 Å². The molecule has 240 valence electrons. The number of hydrogen-bond donors (Lipinski definition) is 0. The van der Waals surface area contributed by atoms with Gasteiger partial charge in [-0.25, -0.2) is 0 Å². The third kappa shape index (κ3) is 5.01. The summed E-state index contributed by atoms with van der Waals surface area (Å²) in [6.07, 6.45) is 0. The lowest BCUT2D eigenvalue weighted by Gasteiger charge is -2.30. The van der Waals surface area contributed by atoms with Gasteiger partial charge in [0, 0.05) is 38.2 Å². The maximum Gasteiger partial charge on any atom is 0.0641 e. The zero-order valence-corrected chi connectivity index (χ0v) is 28.6. The first kappa shape index (κ1) is 29.5. The van der Waals surface area contributed by atoms with Crippen molar-refractivity contribution in [2.24, 2.45) is 0 Å². The van der Waals surface area contributed by atoms with E-state index in [1.807, 2.05) is 11.3 Å². The summed E-state index contributed by atoms with van der Waals surface area (Å²) in [4.78, 5) is 4.87. The lowest BCUT2D eigenvalue weighted by molar-refractivity contribution is 1.29. The van der Waals surface area contributed by atoms with E-state index in [0.29, 0.717) is 0 Å². The number of hydrogen-bond acceptors (Lipinski definition) is 3. The fourth-order valence-corrected chi connectivity index (χ4v) is 8.86. The zero-order chi connectivity index (χ0) is 33.7. The molecule has 0 amide bonds. The fraction of sp³-hybridized carbons (Fsp3) is 0. The predicted molar refractivity (Wildman–Crippen MR) is 221 cm³/mol. The first-order valence-electron chi connectivity index (χ1n) is 17.4. The number of thiophene rings is 1. The fourth-order valence-electron chi connectivity index (χ4n) is 7.61. The number of para-hydroxylation sites is 2. The summed E-state index contributed by atoms with van der Waals surface area (Å²) in [5, 5.41) is 9.96. The zero-order valence-electron chi connectivity index (χ0n) is 27.8. The maximum absolute atomic E-state index is 2.44. The molecule has 51 heavy (non-hydrogen) atoms. The van der Waals surface area contributed by atoms with Crippen LogP contribution >= 0.6 is 11.3 Å². The van der Waals surface area contributed by atoms with Crippen LogP contribution in [0.4, 0.5) is 34.1 Å². The van der Waals surface area contributed by atoms with Crippen molar-refractivity contribution < 1.29 is 0 Å². The van der Waals surface area contributed by atoms with Crippen LogP contribution in [0.3, 0.4) is 0 Å². The van der Waals surface area contributed by atoms with Crippen molar-refractivity contribution in [3.63, 3.8) is 0 Å². The first-order valence-corrected chi connectivity index (χ1v) is 18.2. The van der Waals surface area contributed by atoms with E-state index < -0.39 is 0 Å². The molecule has 10 aromatic rings. The highest BCUT2D eigenvalue weighted by atomic mass is 32.1. The monoisotopic (exact) mass is 668 g/mol. The Labute approximate surface area is 300 Å². The molecule has 9 aromatic carbocycles. The summed E-state index contributed by atoms with van der Waals surface area (Å²) < 4.78 is 2.52. The molecule has 0 aliphatic heterocycles. The summed E-state index contributed by atoms with van der Waals surface area (Å²) in [6, 6.07) is 70.5. The molecule has 2 nitrogen and oxygen atoms in total. The summed E-state index contributed by atoms with van der Waals surface area (Å²) >= 11 is 1.88.